The van der Waals surface area contributed by atoms with E-state index in [1.165, 1.54) is 23.9 Å². The van der Waals surface area contributed by atoms with E-state index in [1.807, 2.05) is 18.4 Å². The lowest BCUT2D eigenvalue weighted by Crippen LogP contribution is -2.18. The fourth-order valence-electron chi connectivity index (χ4n) is 3.16. The zero-order valence-corrected chi connectivity index (χ0v) is 18.4. The Bertz CT molecular complexity index is 1100. The molecule has 0 atom stereocenters. The van der Waals surface area contributed by atoms with Gasteiger partial charge in [-0.3, -0.25) is 9.36 Å². The number of halogens is 1. The number of anilines is 1. The van der Waals surface area contributed by atoms with Crippen molar-refractivity contribution in [2.75, 3.05) is 24.8 Å². The van der Waals surface area contributed by atoms with E-state index in [9.17, 15) is 14.4 Å². The highest BCUT2D eigenvalue weighted by molar-refractivity contribution is 7.99. The highest BCUT2D eigenvalue weighted by atomic mass is 32.2. The Kier molecular flexibility index (Phi) is 7.44. The smallest absolute Gasteiger partial charge is 0.236 e. The number of nitriles is 1. The molecule has 1 aromatic carbocycles. The first-order chi connectivity index (χ1) is 15.0. The normalized spacial score (nSPS) is 10.8. The van der Waals surface area contributed by atoms with Gasteiger partial charge in [0, 0.05) is 31.6 Å². The summed E-state index contributed by atoms with van der Waals surface area (Å²) >= 11 is 1.26. The second kappa shape index (κ2) is 10.2. The summed E-state index contributed by atoms with van der Waals surface area (Å²) in [6.07, 6.45) is 2.43. The van der Waals surface area contributed by atoms with Gasteiger partial charge in [-0.1, -0.05) is 11.8 Å². The van der Waals surface area contributed by atoms with Gasteiger partial charge in [0.05, 0.1) is 11.3 Å². The van der Waals surface area contributed by atoms with Crippen LogP contribution < -0.4 is 5.32 Å². The Hall–Kier alpha value is -3.16. The van der Waals surface area contributed by atoms with E-state index >= 15 is 0 Å². The second-order valence-electron chi connectivity index (χ2n) is 6.85. The average molecular weight is 443 g/mol. The zero-order chi connectivity index (χ0) is 22.4. The molecule has 0 radical (unpaired) electrons. The number of thioether (sulfide) groups is 1. The second-order valence-corrected chi connectivity index (χ2v) is 7.79. The monoisotopic (exact) mass is 442 g/mol. The minimum Gasteiger partial charge on any atom is -0.385 e. The number of carbonyl (C=O) groups excluding carboxylic acids is 1. The Morgan fingerprint density at radius 2 is 2.06 bits per heavy atom. The number of aromatic nitrogens is 4. The van der Waals surface area contributed by atoms with Crippen LogP contribution in [0.25, 0.3) is 5.69 Å². The predicted octanol–water partition coefficient (Wildman–Crippen LogP) is 3.46. The quantitative estimate of drug-likeness (QED) is 0.403. The maximum atomic E-state index is 13.4. The van der Waals surface area contributed by atoms with Crippen LogP contribution in [0, 0.1) is 31.0 Å². The Morgan fingerprint density at radius 3 is 2.74 bits per heavy atom. The number of methoxy groups -OCH3 is 1. The van der Waals surface area contributed by atoms with Crippen LogP contribution in [-0.2, 0) is 16.1 Å². The van der Waals surface area contributed by atoms with E-state index in [2.05, 4.69) is 21.6 Å². The number of aryl methyl sites for hydroxylation is 1. The van der Waals surface area contributed by atoms with Crippen LogP contribution in [0.3, 0.4) is 0 Å². The first kappa shape index (κ1) is 22.5. The molecule has 0 saturated heterocycles. The number of nitrogens with zero attached hydrogens (tertiary/aromatic N) is 5. The summed E-state index contributed by atoms with van der Waals surface area (Å²) in [4.78, 5) is 12.7. The van der Waals surface area contributed by atoms with Crippen LogP contribution in [-0.4, -0.2) is 44.7 Å². The number of benzene rings is 1. The van der Waals surface area contributed by atoms with E-state index < -0.39 is 0 Å². The molecule has 0 bridgehead atoms. The Labute approximate surface area is 184 Å². The summed E-state index contributed by atoms with van der Waals surface area (Å²) in [5, 5.41) is 21.1. The summed E-state index contributed by atoms with van der Waals surface area (Å²) in [5.41, 5.74) is 2.59. The number of nitrogens with one attached hydrogen (secondary N) is 1. The number of carbonyl (C=O) groups is 1. The third-order valence-corrected chi connectivity index (χ3v) is 5.81. The molecule has 0 aliphatic heterocycles. The van der Waals surface area contributed by atoms with Gasteiger partial charge in [-0.05, 0) is 50.1 Å². The van der Waals surface area contributed by atoms with Crippen LogP contribution in [0.5, 0.6) is 0 Å². The molecule has 2 heterocycles. The molecule has 162 valence electrons. The van der Waals surface area contributed by atoms with Crippen molar-refractivity contribution in [1.29, 1.82) is 5.26 Å². The molecule has 8 nitrogen and oxygen atoms in total. The highest BCUT2D eigenvalue weighted by Crippen LogP contribution is 2.30. The van der Waals surface area contributed by atoms with Gasteiger partial charge in [-0.25, -0.2) is 4.39 Å². The van der Waals surface area contributed by atoms with Gasteiger partial charge < -0.3 is 14.6 Å². The van der Waals surface area contributed by atoms with Crippen LogP contribution in [0.1, 0.15) is 23.2 Å². The van der Waals surface area contributed by atoms with Crippen molar-refractivity contribution in [3.8, 4) is 11.8 Å². The molecule has 0 aliphatic carbocycles. The molecule has 2 aromatic heterocycles. The molecule has 0 aliphatic rings. The number of rotatable bonds is 9. The minimum absolute atomic E-state index is 0.0978. The first-order valence-electron chi connectivity index (χ1n) is 9.63. The van der Waals surface area contributed by atoms with Crippen molar-refractivity contribution in [2.45, 2.75) is 32.0 Å². The standard InChI is InChI=1S/C21H23FN6O2S/c1-14-15(2)28(17-7-5-16(22)6-8-17)20(18(14)11-23)25-19(29)12-31-21-26-24-13-27(21)9-4-10-30-3/h5-8,13H,4,9-10,12H2,1-3H3,(H,25,29). The van der Waals surface area contributed by atoms with Gasteiger partial charge in [0.1, 0.15) is 24.0 Å². The van der Waals surface area contributed by atoms with E-state index in [1.54, 1.807) is 30.1 Å². The lowest BCUT2D eigenvalue weighted by atomic mass is 10.2. The molecular weight excluding hydrogens is 419 g/mol. The van der Waals surface area contributed by atoms with Gasteiger partial charge in [0.25, 0.3) is 0 Å². The van der Waals surface area contributed by atoms with Crippen molar-refractivity contribution in [3.05, 3.63) is 53.2 Å². The lowest BCUT2D eigenvalue weighted by molar-refractivity contribution is -0.113. The third-order valence-electron chi connectivity index (χ3n) is 4.83. The number of amides is 1. The largest absolute Gasteiger partial charge is 0.385 e. The zero-order valence-electron chi connectivity index (χ0n) is 17.6. The van der Waals surface area contributed by atoms with Crippen molar-refractivity contribution in [3.63, 3.8) is 0 Å². The van der Waals surface area contributed by atoms with Crippen molar-refractivity contribution in [1.82, 2.24) is 19.3 Å². The van der Waals surface area contributed by atoms with Gasteiger partial charge in [-0.15, -0.1) is 10.2 Å². The van der Waals surface area contributed by atoms with Gasteiger partial charge in [0.2, 0.25) is 5.91 Å². The molecule has 0 spiro atoms. The van der Waals surface area contributed by atoms with E-state index in [0.29, 0.717) is 35.4 Å². The van der Waals surface area contributed by atoms with Gasteiger partial charge in [0.15, 0.2) is 5.16 Å². The van der Waals surface area contributed by atoms with E-state index in [-0.39, 0.29) is 17.5 Å². The van der Waals surface area contributed by atoms with Crippen LogP contribution in [0.2, 0.25) is 0 Å². The van der Waals surface area contributed by atoms with Gasteiger partial charge >= 0.3 is 0 Å². The fourth-order valence-corrected chi connectivity index (χ4v) is 3.90. The minimum atomic E-state index is -0.359. The molecule has 1 amide bonds. The topological polar surface area (TPSA) is 97.8 Å². The summed E-state index contributed by atoms with van der Waals surface area (Å²) in [5.74, 6) is -0.173. The lowest BCUT2D eigenvalue weighted by Gasteiger charge is -2.13. The Morgan fingerprint density at radius 1 is 1.32 bits per heavy atom. The maximum Gasteiger partial charge on any atom is 0.236 e. The van der Waals surface area contributed by atoms with E-state index in [0.717, 1.165) is 17.7 Å². The Balaban J connectivity index is 1.77. The van der Waals surface area contributed by atoms with Crippen molar-refractivity contribution >= 4 is 23.5 Å². The maximum absolute atomic E-state index is 13.4. The molecule has 1 N–H and O–H groups in total. The van der Waals surface area contributed by atoms with Crippen molar-refractivity contribution in [2.24, 2.45) is 0 Å². The number of ether oxygens (including phenoxy) is 1. The van der Waals surface area contributed by atoms with Crippen molar-refractivity contribution < 1.29 is 13.9 Å². The summed E-state index contributed by atoms with van der Waals surface area (Å²) in [7, 11) is 1.65. The number of hydrogen-bond donors (Lipinski definition) is 1. The molecule has 0 unspecified atom stereocenters. The SMILES string of the molecule is COCCCn1cnnc1SCC(=O)Nc1c(C#N)c(C)c(C)n1-c1ccc(F)cc1. The van der Waals surface area contributed by atoms with Crippen LogP contribution in [0.4, 0.5) is 10.2 Å². The molecule has 0 fully saturated rings. The molecule has 3 aromatic rings. The average Bonchev–Trinajstić information content (AvgIpc) is 3.30. The predicted molar refractivity (Wildman–Crippen MR) is 116 cm³/mol. The van der Waals surface area contributed by atoms with E-state index in [4.69, 9.17) is 4.74 Å². The molecule has 3 rings (SSSR count). The molecule has 10 heteroatoms. The molecule has 31 heavy (non-hydrogen) atoms. The summed E-state index contributed by atoms with van der Waals surface area (Å²) in [6.45, 7) is 4.99. The fraction of sp³-hybridized carbons (Fsp3) is 0.333. The highest BCUT2D eigenvalue weighted by Gasteiger charge is 2.21. The molecule has 0 saturated carbocycles. The van der Waals surface area contributed by atoms with Gasteiger partial charge in [-0.2, -0.15) is 5.26 Å². The number of hydrogen-bond acceptors (Lipinski definition) is 6. The first-order valence-corrected chi connectivity index (χ1v) is 10.6. The van der Waals surface area contributed by atoms with Crippen LogP contribution in [0.15, 0.2) is 35.7 Å². The summed E-state index contributed by atoms with van der Waals surface area (Å²) in [6, 6.07) is 8.06. The molecular formula is C21H23FN6O2S. The van der Waals surface area contributed by atoms with Crippen LogP contribution >= 0.6 is 11.8 Å². The summed E-state index contributed by atoms with van der Waals surface area (Å²) < 4.78 is 22.1. The third kappa shape index (κ3) is 5.13.